The molecule has 0 spiro atoms. The van der Waals surface area contributed by atoms with E-state index in [1.165, 1.54) is 0 Å². The Hall–Kier alpha value is -2.35. The molecule has 28 heavy (non-hydrogen) atoms. The van der Waals surface area contributed by atoms with Gasteiger partial charge in [0.05, 0.1) is 4.92 Å². The molecule has 8 nitrogen and oxygen atoms in total. The number of ether oxygens (including phenoxy) is 1. The van der Waals surface area contributed by atoms with Crippen LogP contribution in [0.3, 0.4) is 0 Å². The highest BCUT2D eigenvalue weighted by Crippen LogP contribution is 2.36. The lowest BCUT2D eigenvalue weighted by molar-refractivity contribution is -0.384. The van der Waals surface area contributed by atoms with Crippen molar-refractivity contribution < 1.29 is 14.5 Å². The van der Waals surface area contributed by atoms with Gasteiger partial charge in [0.15, 0.2) is 0 Å². The van der Waals surface area contributed by atoms with Crippen LogP contribution < -0.4 is 4.90 Å². The Morgan fingerprint density at radius 1 is 1.04 bits per heavy atom. The largest absolute Gasteiger partial charge is 0.444 e. The molecular formula is C20H28N4O4. The maximum absolute atomic E-state index is 12.1. The number of carbonyl (C=O) groups is 1. The van der Waals surface area contributed by atoms with E-state index in [0.29, 0.717) is 17.9 Å². The van der Waals surface area contributed by atoms with Crippen molar-refractivity contribution in [3.8, 4) is 0 Å². The Balaban J connectivity index is 1.26. The molecular weight excluding hydrogens is 360 g/mol. The van der Waals surface area contributed by atoms with Gasteiger partial charge in [-0.25, -0.2) is 4.79 Å². The first kappa shape index (κ1) is 19.0. The SMILES string of the molecule is CC(C)(C)OC(=O)N1CC(N2CC3CN(c4ccc([N+](=O)[O-])cc4)CC3C2)C1. The van der Waals surface area contributed by atoms with Crippen molar-refractivity contribution in [2.24, 2.45) is 11.8 Å². The van der Waals surface area contributed by atoms with Gasteiger partial charge in [-0.15, -0.1) is 0 Å². The zero-order valence-corrected chi connectivity index (χ0v) is 16.7. The van der Waals surface area contributed by atoms with Crippen LogP contribution in [-0.2, 0) is 4.74 Å². The molecule has 0 saturated carbocycles. The zero-order chi connectivity index (χ0) is 20.1. The number of nitro groups is 1. The average molecular weight is 388 g/mol. The molecule has 2 atom stereocenters. The number of fused-ring (bicyclic) bond motifs is 1. The Morgan fingerprint density at radius 2 is 1.61 bits per heavy atom. The molecule has 3 heterocycles. The quantitative estimate of drug-likeness (QED) is 0.585. The van der Waals surface area contributed by atoms with E-state index in [0.717, 1.165) is 45.0 Å². The van der Waals surface area contributed by atoms with Gasteiger partial charge in [0.25, 0.3) is 5.69 Å². The van der Waals surface area contributed by atoms with Crippen LogP contribution in [0.15, 0.2) is 24.3 Å². The first-order valence-corrected chi connectivity index (χ1v) is 9.91. The van der Waals surface area contributed by atoms with Crippen molar-refractivity contribution in [2.45, 2.75) is 32.4 Å². The summed E-state index contributed by atoms with van der Waals surface area (Å²) in [4.78, 5) is 29.2. The van der Waals surface area contributed by atoms with Crippen molar-refractivity contribution >= 4 is 17.5 Å². The minimum atomic E-state index is -0.450. The first-order chi connectivity index (χ1) is 13.2. The number of anilines is 1. The summed E-state index contributed by atoms with van der Waals surface area (Å²) >= 11 is 0. The second kappa shape index (κ2) is 6.92. The van der Waals surface area contributed by atoms with Crippen LogP contribution in [0.1, 0.15) is 20.8 Å². The van der Waals surface area contributed by atoms with Gasteiger partial charge in [0.1, 0.15) is 5.60 Å². The van der Waals surface area contributed by atoms with E-state index in [9.17, 15) is 14.9 Å². The summed E-state index contributed by atoms with van der Waals surface area (Å²) in [7, 11) is 0. The van der Waals surface area contributed by atoms with Crippen LogP contribution in [0.2, 0.25) is 0 Å². The molecule has 0 bridgehead atoms. The normalized spacial score (nSPS) is 25.5. The van der Waals surface area contributed by atoms with Crippen molar-refractivity contribution in [1.82, 2.24) is 9.80 Å². The third-order valence-corrected chi connectivity index (χ3v) is 5.97. The van der Waals surface area contributed by atoms with Crippen molar-refractivity contribution in [2.75, 3.05) is 44.2 Å². The molecule has 1 aromatic carbocycles. The number of benzene rings is 1. The Morgan fingerprint density at radius 3 is 2.11 bits per heavy atom. The number of non-ortho nitro benzene ring substituents is 1. The number of likely N-dealkylation sites (tertiary alicyclic amines) is 2. The van der Waals surface area contributed by atoms with Gasteiger partial charge in [0.2, 0.25) is 0 Å². The van der Waals surface area contributed by atoms with Crippen molar-refractivity contribution in [3.63, 3.8) is 0 Å². The Kier molecular flexibility index (Phi) is 4.69. The highest BCUT2D eigenvalue weighted by atomic mass is 16.6. The van der Waals surface area contributed by atoms with Gasteiger partial charge in [-0.05, 0) is 44.7 Å². The van der Waals surface area contributed by atoms with Crippen LogP contribution in [0.25, 0.3) is 0 Å². The number of rotatable bonds is 3. The maximum Gasteiger partial charge on any atom is 0.410 e. The summed E-state index contributed by atoms with van der Waals surface area (Å²) in [5.41, 5.74) is 0.744. The standard InChI is InChI=1S/C20H28N4O4/c1-20(2,3)28-19(25)23-12-18(13-23)22-10-14-8-21(9-15(14)11-22)16-4-6-17(7-5-16)24(26)27/h4-7,14-15,18H,8-13H2,1-3H3. The van der Waals surface area contributed by atoms with Crippen LogP contribution >= 0.6 is 0 Å². The van der Waals surface area contributed by atoms with Gasteiger partial charge in [-0.1, -0.05) is 0 Å². The van der Waals surface area contributed by atoms with Crippen LogP contribution in [0.4, 0.5) is 16.2 Å². The first-order valence-electron chi connectivity index (χ1n) is 9.91. The average Bonchev–Trinajstić information content (AvgIpc) is 3.10. The molecule has 8 heteroatoms. The lowest BCUT2D eigenvalue weighted by atomic mass is 10.0. The van der Waals surface area contributed by atoms with E-state index in [2.05, 4.69) is 9.80 Å². The molecule has 152 valence electrons. The molecule has 0 radical (unpaired) electrons. The molecule has 1 amide bonds. The monoisotopic (exact) mass is 388 g/mol. The van der Waals surface area contributed by atoms with Gasteiger partial charge in [0, 0.05) is 63.1 Å². The highest BCUT2D eigenvalue weighted by Gasteiger charge is 2.45. The third kappa shape index (κ3) is 3.78. The number of carbonyl (C=O) groups excluding carboxylic acids is 1. The lowest BCUT2D eigenvalue weighted by Gasteiger charge is -2.44. The molecule has 0 aliphatic carbocycles. The highest BCUT2D eigenvalue weighted by molar-refractivity contribution is 5.69. The molecule has 3 aliphatic heterocycles. The van der Waals surface area contributed by atoms with Crippen molar-refractivity contribution in [1.29, 1.82) is 0 Å². The summed E-state index contributed by atoms with van der Waals surface area (Å²) in [6.45, 7) is 11.3. The predicted molar refractivity (Wildman–Crippen MR) is 105 cm³/mol. The molecule has 0 aromatic heterocycles. The van der Waals surface area contributed by atoms with Crippen LogP contribution in [0.5, 0.6) is 0 Å². The molecule has 3 saturated heterocycles. The lowest BCUT2D eigenvalue weighted by Crippen LogP contribution is -2.61. The van der Waals surface area contributed by atoms with Crippen LogP contribution in [0, 0.1) is 22.0 Å². The Labute approximate surface area is 165 Å². The molecule has 2 unspecified atom stereocenters. The van der Waals surface area contributed by atoms with E-state index in [1.54, 1.807) is 17.0 Å². The second-order valence-electron chi connectivity index (χ2n) is 9.19. The summed E-state index contributed by atoms with van der Waals surface area (Å²) < 4.78 is 5.43. The van der Waals surface area contributed by atoms with E-state index in [1.807, 2.05) is 32.9 Å². The smallest absolute Gasteiger partial charge is 0.410 e. The van der Waals surface area contributed by atoms with Gasteiger partial charge < -0.3 is 14.5 Å². The van der Waals surface area contributed by atoms with E-state index >= 15 is 0 Å². The van der Waals surface area contributed by atoms with Gasteiger partial charge >= 0.3 is 6.09 Å². The fourth-order valence-electron chi connectivity index (χ4n) is 4.49. The Bertz CT molecular complexity index is 740. The molecule has 0 N–H and O–H groups in total. The number of nitro benzene ring substituents is 1. The third-order valence-electron chi connectivity index (χ3n) is 5.97. The van der Waals surface area contributed by atoms with E-state index in [4.69, 9.17) is 4.74 Å². The van der Waals surface area contributed by atoms with E-state index < -0.39 is 5.60 Å². The van der Waals surface area contributed by atoms with Gasteiger partial charge in [-0.2, -0.15) is 0 Å². The minimum absolute atomic E-state index is 0.133. The molecule has 3 fully saturated rings. The number of hydrogen-bond acceptors (Lipinski definition) is 6. The fourth-order valence-corrected chi connectivity index (χ4v) is 4.49. The maximum atomic E-state index is 12.1. The van der Waals surface area contributed by atoms with Crippen molar-refractivity contribution in [3.05, 3.63) is 34.4 Å². The van der Waals surface area contributed by atoms with Gasteiger partial charge in [-0.3, -0.25) is 15.0 Å². The number of amides is 1. The topological polar surface area (TPSA) is 79.2 Å². The minimum Gasteiger partial charge on any atom is -0.444 e. The zero-order valence-electron chi connectivity index (χ0n) is 16.7. The molecule has 3 aliphatic rings. The van der Waals surface area contributed by atoms with Crippen LogP contribution in [-0.4, -0.2) is 71.7 Å². The summed E-state index contributed by atoms with van der Waals surface area (Å²) in [6.07, 6.45) is -0.215. The number of hydrogen-bond donors (Lipinski definition) is 0. The molecule has 1 aromatic rings. The number of nitrogens with zero attached hydrogens (tertiary/aromatic N) is 4. The van der Waals surface area contributed by atoms with E-state index in [-0.39, 0.29) is 16.7 Å². The summed E-state index contributed by atoms with van der Waals surface area (Å²) in [6, 6.07) is 7.29. The summed E-state index contributed by atoms with van der Waals surface area (Å²) in [5.74, 6) is 1.23. The second-order valence-corrected chi connectivity index (χ2v) is 9.19. The summed E-state index contributed by atoms with van der Waals surface area (Å²) in [5, 5.41) is 10.8. The fraction of sp³-hybridized carbons (Fsp3) is 0.650. The molecule has 4 rings (SSSR count). The predicted octanol–water partition coefficient (Wildman–Crippen LogP) is 2.58.